The Bertz CT molecular complexity index is 658. The van der Waals surface area contributed by atoms with Gasteiger partial charge in [0.1, 0.15) is 19.2 Å². The molecule has 0 spiro atoms. The maximum Gasteiger partial charge on any atom is 0.471 e. The highest BCUT2D eigenvalue weighted by Gasteiger charge is 2.50. The molecule has 0 saturated carbocycles. The number of hydrogen-bond donors (Lipinski definition) is 3. The van der Waals surface area contributed by atoms with Gasteiger partial charge in [-0.15, -0.1) is 0 Å². The zero-order valence-electron chi connectivity index (χ0n) is 12.1. The van der Waals surface area contributed by atoms with Gasteiger partial charge in [-0.1, -0.05) is 0 Å². The Balaban J connectivity index is 1.95. The largest absolute Gasteiger partial charge is 0.492 e. The van der Waals surface area contributed by atoms with Gasteiger partial charge < -0.3 is 25.6 Å². The number of halogens is 3. The quantitative estimate of drug-likeness (QED) is 0.639. The van der Waals surface area contributed by atoms with Crippen LogP contribution in [0, 0.1) is 0 Å². The monoisotopic (exact) mass is 349 g/mol. The van der Waals surface area contributed by atoms with Gasteiger partial charge >= 0.3 is 12.1 Å². The molecule has 1 fully saturated rings. The highest BCUT2D eigenvalue weighted by atomic mass is 19.4. The molecule has 1 unspecified atom stereocenters. The van der Waals surface area contributed by atoms with Gasteiger partial charge in [0.15, 0.2) is 11.5 Å². The first-order chi connectivity index (χ1) is 11.2. The van der Waals surface area contributed by atoms with Gasteiger partial charge in [-0.05, 0) is 0 Å². The van der Waals surface area contributed by atoms with E-state index in [4.69, 9.17) is 10.5 Å². The van der Waals surface area contributed by atoms with Crippen LogP contribution in [0.3, 0.4) is 0 Å². The van der Waals surface area contributed by atoms with Crippen molar-refractivity contribution in [2.45, 2.75) is 31.0 Å². The van der Waals surface area contributed by atoms with Crippen LogP contribution in [0.5, 0.6) is 5.88 Å². The van der Waals surface area contributed by atoms with E-state index in [-0.39, 0.29) is 18.8 Å². The molecule has 9 nitrogen and oxygen atoms in total. The van der Waals surface area contributed by atoms with Crippen LogP contribution < -0.4 is 15.5 Å². The van der Waals surface area contributed by atoms with E-state index < -0.39 is 48.8 Å². The lowest BCUT2D eigenvalue weighted by atomic mass is 10.2. The highest BCUT2D eigenvalue weighted by molar-refractivity contribution is 6.03. The summed E-state index contributed by atoms with van der Waals surface area (Å²) in [7, 11) is 0. The topological polar surface area (TPSA) is 125 Å². The zero-order valence-corrected chi connectivity index (χ0v) is 12.1. The Morgan fingerprint density at radius 1 is 1.46 bits per heavy atom. The number of amides is 1. The van der Waals surface area contributed by atoms with Crippen LogP contribution in [0.25, 0.3) is 0 Å². The number of carbonyl (C=O) groups excluding carboxylic acids is 1. The number of ether oxygens (including phenoxy) is 1. The van der Waals surface area contributed by atoms with Gasteiger partial charge in [0.05, 0.1) is 12.2 Å². The molecule has 0 bridgehead atoms. The van der Waals surface area contributed by atoms with Crippen molar-refractivity contribution < 1.29 is 32.9 Å². The number of hydrogen-bond acceptors (Lipinski definition) is 8. The van der Waals surface area contributed by atoms with Crippen LogP contribution in [-0.2, 0) is 9.53 Å². The summed E-state index contributed by atoms with van der Waals surface area (Å²) < 4.78 is 43.9. The molecule has 1 saturated heterocycles. The first-order valence-electron chi connectivity index (χ1n) is 6.97. The lowest BCUT2D eigenvalue weighted by molar-refractivity contribution is -0.170. The molecule has 1 amide bonds. The molecule has 24 heavy (non-hydrogen) atoms. The Morgan fingerprint density at radius 3 is 2.75 bits per heavy atom. The number of rotatable bonds is 2. The number of aliphatic hydroxyl groups is 1. The summed E-state index contributed by atoms with van der Waals surface area (Å²) in [6, 6.07) is 0. The standard InChI is InChI=1S/C12H14F3N5O4/c13-12(14,15)11(23)20-4-19(7-1-5(21)6(2-16)24-7)9-8(20)10(22)18-3-17-9/h3,5-7,21H,1-2,4,16H2,(H,17,18,22)/t5?,6-,7-/m1/s1. The minimum absolute atomic E-state index is 0.0264. The van der Waals surface area contributed by atoms with Crippen molar-refractivity contribution in [1.29, 1.82) is 0 Å². The van der Waals surface area contributed by atoms with Gasteiger partial charge in [0.2, 0.25) is 5.88 Å². The normalized spacial score (nSPS) is 26.8. The maximum absolute atomic E-state index is 12.8. The number of aliphatic hydroxyl groups excluding tert-OH is 1. The van der Waals surface area contributed by atoms with Crippen LogP contribution in [0.1, 0.15) is 6.42 Å². The minimum atomic E-state index is -5.13. The molecule has 12 heteroatoms. The van der Waals surface area contributed by atoms with E-state index in [0.29, 0.717) is 4.90 Å². The smallest absolute Gasteiger partial charge is 0.471 e. The van der Waals surface area contributed by atoms with E-state index >= 15 is 0 Å². The van der Waals surface area contributed by atoms with Crippen LogP contribution in [0.2, 0.25) is 0 Å². The molecule has 3 rings (SSSR count). The van der Waals surface area contributed by atoms with E-state index in [9.17, 15) is 28.2 Å². The summed E-state index contributed by atoms with van der Waals surface area (Å²) in [6.07, 6.45) is -6.53. The summed E-state index contributed by atoms with van der Waals surface area (Å²) in [5, 5.41) is 19.6. The van der Waals surface area contributed by atoms with E-state index in [0.717, 1.165) is 6.33 Å². The summed E-state index contributed by atoms with van der Waals surface area (Å²) in [5.74, 6) is -3.01. The SMILES string of the molecule is NC[C@H]1O[C@@H](N2CN(C(=O)C(F)(F)F)c3c(O)ncnc32)CC1O. The third-order valence-corrected chi connectivity index (χ3v) is 3.89. The van der Waals surface area contributed by atoms with Crippen molar-refractivity contribution in [3.63, 3.8) is 0 Å². The number of aromatic hydroxyl groups is 1. The lowest BCUT2D eigenvalue weighted by Gasteiger charge is -2.25. The Morgan fingerprint density at radius 2 is 2.17 bits per heavy atom. The summed E-state index contributed by atoms with van der Waals surface area (Å²) in [5.41, 5.74) is 5.00. The fourth-order valence-corrected chi connectivity index (χ4v) is 2.77. The molecule has 1 aromatic heterocycles. The van der Waals surface area contributed by atoms with E-state index in [1.54, 1.807) is 0 Å². The van der Waals surface area contributed by atoms with Gasteiger partial charge in [-0.3, -0.25) is 9.69 Å². The predicted molar refractivity (Wildman–Crippen MR) is 72.9 cm³/mol. The van der Waals surface area contributed by atoms with Gasteiger partial charge in [0, 0.05) is 13.0 Å². The zero-order chi connectivity index (χ0) is 17.6. The summed E-state index contributed by atoms with van der Waals surface area (Å²) >= 11 is 0. The first-order valence-corrected chi connectivity index (χ1v) is 6.97. The highest BCUT2D eigenvalue weighted by Crippen LogP contribution is 2.43. The van der Waals surface area contributed by atoms with Crippen LogP contribution >= 0.6 is 0 Å². The summed E-state index contributed by atoms with van der Waals surface area (Å²) in [4.78, 5) is 20.5. The fraction of sp³-hybridized carbons (Fsp3) is 0.583. The molecule has 2 aliphatic rings. The van der Waals surface area contributed by atoms with Crippen LogP contribution in [0.15, 0.2) is 6.33 Å². The van der Waals surface area contributed by atoms with Gasteiger partial charge in [-0.25, -0.2) is 4.98 Å². The molecule has 0 aliphatic carbocycles. The molecule has 3 heterocycles. The molecule has 132 valence electrons. The van der Waals surface area contributed by atoms with Crippen LogP contribution in [0.4, 0.5) is 24.7 Å². The van der Waals surface area contributed by atoms with Crippen molar-refractivity contribution >= 4 is 17.4 Å². The number of fused-ring (bicyclic) bond motifs is 1. The second-order valence-electron chi connectivity index (χ2n) is 5.38. The van der Waals surface area contributed by atoms with Crippen LogP contribution in [-0.4, -0.2) is 63.9 Å². The van der Waals surface area contributed by atoms with Crippen molar-refractivity contribution in [1.82, 2.24) is 9.97 Å². The van der Waals surface area contributed by atoms with Crippen molar-refractivity contribution in [3.05, 3.63) is 6.33 Å². The molecule has 4 N–H and O–H groups in total. The number of anilines is 2. The third-order valence-electron chi connectivity index (χ3n) is 3.89. The molecular formula is C12H14F3N5O4. The van der Waals surface area contributed by atoms with E-state index in [1.165, 1.54) is 4.90 Å². The Hall–Kier alpha value is -2.18. The van der Waals surface area contributed by atoms with Gasteiger partial charge in [-0.2, -0.15) is 18.2 Å². The Kier molecular flexibility index (Phi) is 3.97. The third kappa shape index (κ3) is 2.61. The van der Waals surface area contributed by atoms with E-state index in [2.05, 4.69) is 9.97 Å². The molecular weight excluding hydrogens is 335 g/mol. The molecule has 0 aromatic carbocycles. The van der Waals surface area contributed by atoms with Gasteiger partial charge in [0.25, 0.3) is 0 Å². The van der Waals surface area contributed by atoms with Crippen molar-refractivity contribution in [2.75, 3.05) is 23.0 Å². The molecule has 3 atom stereocenters. The minimum Gasteiger partial charge on any atom is -0.492 e. The number of nitrogens with two attached hydrogens (primary N) is 1. The van der Waals surface area contributed by atoms with Crippen molar-refractivity contribution in [2.24, 2.45) is 5.73 Å². The fourth-order valence-electron chi connectivity index (χ4n) is 2.77. The summed E-state index contributed by atoms with van der Waals surface area (Å²) in [6.45, 7) is -0.521. The van der Waals surface area contributed by atoms with E-state index in [1.807, 2.05) is 0 Å². The lowest BCUT2D eigenvalue weighted by Crippen LogP contribution is -2.46. The van der Waals surface area contributed by atoms with Crippen molar-refractivity contribution in [3.8, 4) is 5.88 Å². The number of aromatic nitrogens is 2. The maximum atomic E-state index is 12.8. The first kappa shape index (κ1) is 16.7. The average Bonchev–Trinajstić information content (AvgIpc) is 3.07. The predicted octanol–water partition coefficient (Wildman–Crippen LogP) is -0.710. The Labute approximate surface area is 133 Å². The molecule has 1 aromatic rings. The molecule has 2 aliphatic heterocycles. The number of nitrogens with zero attached hydrogens (tertiary/aromatic N) is 4. The number of carbonyl (C=O) groups is 1. The average molecular weight is 349 g/mol. The second kappa shape index (κ2) is 5.72. The number of alkyl halides is 3. The molecule has 0 radical (unpaired) electrons. The second-order valence-corrected chi connectivity index (χ2v) is 5.38.